The minimum absolute atomic E-state index is 0.119. The molecule has 0 atom stereocenters. The Kier molecular flexibility index (Phi) is 3.96. The lowest BCUT2D eigenvalue weighted by Crippen LogP contribution is -2.13. The second-order valence-corrected chi connectivity index (χ2v) is 3.70. The van der Waals surface area contributed by atoms with Crippen LogP contribution in [-0.2, 0) is 6.42 Å². The first kappa shape index (κ1) is 11.8. The van der Waals surface area contributed by atoms with Crippen LogP contribution in [0.25, 0.3) is 0 Å². The molecule has 1 aromatic carbocycles. The lowest BCUT2D eigenvalue weighted by molar-refractivity contribution is 0.100. The molecule has 15 heavy (non-hydrogen) atoms. The standard InChI is InChI=1S/C10H8Cl2N2O/c11-7-4-3-6(2-1-5-13)9(12)8(7)10(14)15/h3-4H,1-2H2,(H2,14,15). The monoisotopic (exact) mass is 242 g/mol. The number of nitrogens with two attached hydrogens (primary N) is 1. The van der Waals surface area contributed by atoms with E-state index in [2.05, 4.69) is 0 Å². The van der Waals surface area contributed by atoms with Gasteiger partial charge in [-0.1, -0.05) is 29.3 Å². The molecule has 0 heterocycles. The van der Waals surface area contributed by atoms with E-state index in [4.69, 9.17) is 34.2 Å². The summed E-state index contributed by atoms with van der Waals surface area (Å²) in [6.07, 6.45) is 0.812. The van der Waals surface area contributed by atoms with Gasteiger partial charge in [-0.3, -0.25) is 4.79 Å². The zero-order valence-electron chi connectivity index (χ0n) is 7.76. The summed E-state index contributed by atoms with van der Waals surface area (Å²) in [5, 5.41) is 8.91. The minimum Gasteiger partial charge on any atom is -0.366 e. The average molecular weight is 243 g/mol. The van der Waals surface area contributed by atoms with Crippen LogP contribution < -0.4 is 5.73 Å². The van der Waals surface area contributed by atoms with Gasteiger partial charge >= 0.3 is 0 Å². The number of amides is 1. The van der Waals surface area contributed by atoms with Crippen molar-refractivity contribution in [2.75, 3.05) is 0 Å². The predicted octanol–water partition coefficient (Wildman–Crippen LogP) is 2.55. The summed E-state index contributed by atoms with van der Waals surface area (Å²) >= 11 is 11.7. The number of primary amides is 1. The second-order valence-electron chi connectivity index (χ2n) is 2.92. The summed E-state index contributed by atoms with van der Waals surface area (Å²) < 4.78 is 0. The molecule has 1 aromatic rings. The fourth-order valence-corrected chi connectivity index (χ4v) is 1.86. The summed E-state index contributed by atoms with van der Waals surface area (Å²) in [6, 6.07) is 5.24. The number of hydrogen-bond donors (Lipinski definition) is 1. The van der Waals surface area contributed by atoms with Crippen molar-refractivity contribution in [1.29, 1.82) is 5.26 Å². The summed E-state index contributed by atoms with van der Waals surface area (Å²) in [5.74, 6) is -0.663. The highest BCUT2D eigenvalue weighted by Gasteiger charge is 2.14. The van der Waals surface area contributed by atoms with Crippen LogP contribution >= 0.6 is 23.2 Å². The highest BCUT2D eigenvalue weighted by molar-refractivity contribution is 6.40. The van der Waals surface area contributed by atoms with E-state index >= 15 is 0 Å². The Morgan fingerprint density at radius 3 is 2.67 bits per heavy atom. The summed E-state index contributed by atoms with van der Waals surface area (Å²) in [7, 11) is 0. The van der Waals surface area contributed by atoms with E-state index in [1.54, 1.807) is 12.1 Å². The number of nitrogens with zero attached hydrogens (tertiary/aromatic N) is 1. The highest BCUT2D eigenvalue weighted by Crippen LogP contribution is 2.28. The van der Waals surface area contributed by atoms with Crippen molar-refractivity contribution in [1.82, 2.24) is 0 Å². The van der Waals surface area contributed by atoms with Crippen LogP contribution in [0.15, 0.2) is 12.1 Å². The molecule has 1 rings (SSSR count). The van der Waals surface area contributed by atoms with Crippen LogP contribution in [0.3, 0.4) is 0 Å². The molecular weight excluding hydrogens is 235 g/mol. The molecule has 0 aromatic heterocycles. The van der Waals surface area contributed by atoms with Crippen LogP contribution in [0.5, 0.6) is 0 Å². The Morgan fingerprint density at radius 1 is 1.47 bits per heavy atom. The van der Waals surface area contributed by atoms with Gasteiger partial charge in [0.1, 0.15) is 0 Å². The molecule has 0 unspecified atom stereocenters. The van der Waals surface area contributed by atoms with Gasteiger partial charge < -0.3 is 5.73 Å². The van der Waals surface area contributed by atoms with Gasteiger partial charge in [-0.2, -0.15) is 5.26 Å². The largest absolute Gasteiger partial charge is 0.366 e. The zero-order valence-corrected chi connectivity index (χ0v) is 9.27. The average Bonchev–Trinajstić information content (AvgIpc) is 2.16. The van der Waals surface area contributed by atoms with Crippen molar-refractivity contribution in [2.45, 2.75) is 12.8 Å². The number of rotatable bonds is 3. The molecule has 1 amide bonds. The van der Waals surface area contributed by atoms with E-state index in [1.165, 1.54) is 0 Å². The third-order valence-corrected chi connectivity index (χ3v) is 2.67. The molecular formula is C10H8Cl2N2O. The molecule has 5 heteroatoms. The molecule has 0 aliphatic rings. The first-order chi connectivity index (χ1) is 7.07. The van der Waals surface area contributed by atoms with Gasteiger partial charge in [0.15, 0.2) is 0 Å². The second kappa shape index (κ2) is 5.01. The van der Waals surface area contributed by atoms with Crippen LogP contribution in [0.1, 0.15) is 22.3 Å². The summed E-state index contributed by atoms with van der Waals surface area (Å²) in [6.45, 7) is 0. The van der Waals surface area contributed by atoms with E-state index in [-0.39, 0.29) is 15.6 Å². The Morgan fingerprint density at radius 2 is 2.13 bits per heavy atom. The predicted molar refractivity (Wildman–Crippen MR) is 58.9 cm³/mol. The van der Waals surface area contributed by atoms with Crippen LogP contribution in [0.2, 0.25) is 10.0 Å². The maximum Gasteiger partial charge on any atom is 0.251 e. The highest BCUT2D eigenvalue weighted by atomic mass is 35.5. The topological polar surface area (TPSA) is 66.9 Å². The van der Waals surface area contributed by atoms with E-state index in [0.717, 1.165) is 0 Å². The fourth-order valence-electron chi connectivity index (χ4n) is 1.21. The smallest absolute Gasteiger partial charge is 0.251 e. The number of nitriles is 1. The number of carbonyl (C=O) groups is 1. The molecule has 78 valence electrons. The number of carbonyl (C=O) groups excluding carboxylic acids is 1. The van der Waals surface area contributed by atoms with Gasteiger partial charge in [-0.25, -0.2) is 0 Å². The molecule has 0 radical (unpaired) electrons. The van der Waals surface area contributed by atoms with Crippen molar-refractivity contribution in [2.24, 2.45) is 5.73 Å². The van der Waals surface area contributed by atoms with Crippen LogP contribution in [-0.4, -0.2) is 5.91 Å². The third kappa shape index (κ3) is 2.62. The van der Waals surface area contributed by atoms with Gasteiger partial charge in [0.2, 0.25) is 0 Å². The quantitative estimate of drug-likeness (QED) is 0.886. The van der Waals surface area contributed by atoms with Gasteiger partial charge in [-0.05, 0) is 18.1 Å². The third-order valence-electron chi connectivity index (χ3n) is 1.92. The molecule has 0 aliphatic heterocycles. The molecule has 2 N–H and O–H groups in total. The molecule has 0 saturated heterocycles. The lowest BCUT2D eigenvalue weighted by atomic mass is 10.1. The number of halogens is 2. The molecule has 0 aliphatic carbocycles. The number of aryl methyl sites for hydroxylation is 1. The van der Waals surface area contributed by atoms with Crippen molar-refractivity contribution in [3.8, 4) is 6.07 Å². The zero-order chi connectivity index (χ0) is 11.4. The maximum atomic E-state index is 11.1. The fraction of sp³-hybridized carbons (Fsp3) is 0.200. The first-order valence-electron chi connectivity index (χ1n) is 4.21. The molecule has 0 saturated carbocycles. The Hall–Kier alpha value is -1.24. The molecule has 3 nitrogen and oxygen atoms in total. The Labute approximate surface area is 97.4 Å². The van der Waals surface area contributed by atoms with Gasteiger partial charge in [0.25, 0.3) is 5.91 Å². The van der Waals surface area contributed by atoms with E-state index in [0.29, 0.717) is 18.4 Å². The normalized spacial score (nSPS) is 9.67. The molecule has 0 fully saturated rings. The Bertz CT molecular complexity index is 438. The first-order valence-corrected chi connectivity index (χ1v) is 4.97. The van der Waals surface area contributed by atoms with E-state index < -0.39 is 5.91 Å². The van der Waals surface area contributed by atoms with Gasteiger partial charge in [0, 0.05) is 6.42 Å². The van der Waals surface area contributed by atoms with Crippen molar-refractivity contribution in [3.05, 3.63) is 33.3 Å². The van der Waals surface area contributed by atoms with Gasteiger partial charge in [-0.15, -0.1) is 0 Å². The minimum atomic E-state index is -0.663. The SMILES string of the molecule is N#CCCc1ccc(Cl)c(C(N)=O)c1Cl. The lowest BCUT2D eigenvalue weighted by Gasteiger charge is -2.07. The maximum absolute atomic E-state index is 11.1. The van der Waals surface area contributed by atoms with Gasteiger partial charge in [0.05, 0.1) is 21.7 Å². The van der Waals surface area contributed by atoms with E-state index in [1.807, 2.05) is 6.07 Å². The molecule has 0 spiro atoms. The van der Waals surface area contributed by atoms with Crippen molar-refractivity contribution < 1.29 is 4.79 Å². The van der Waals surface area contributed by atoms with Crippen molar-refractivity contribution >= 4 is 29.1 Å². The number of benzene rings is 1. The number of hydrogen-bond acceptors (Lipinski definition) is 2. The van der Waals surface area contributed by atoms with Crippen molar-refractivity contribution in [3.63, 3.8) is 0 Å². The Balaban J connectivity index is 3.17. The summed E-state index contributed by atoms with van der Waals surface area (Å²) in [5.41, 5.74) is 5.96. The summed E-state index contributed by atoms with van der Waals surface area (Å²) in [4.78, 5) is 11.1. The van der Waals surface area contributed by atoms with E-state index in [9.17, 15) is 4.79 Å². The van der Waals surface area contributed by atoms with Crippen LogP contribution in [0, 0.1) is 11.3 Å². The van der Waals surface area contributed by atoms with Crippen LogP contribution in [0.4, 0.5) is 0 Å². The molecule has 0 bridgehead atoms.